The molecule has 0 radical (unpaired) electrons. The average Bonchev–Trinajstić information content (AvgIpc) is 2.66. The van der Waals surface area contributed by atoms with Gasteiger partial charge in [-0.3, -0.25) is 4.79 Å². The summed E-state index contributed by atoms with van der Waals surface area (Å²) in [6.07, 6.45) is 3.93. The number of hydrogen-bond acceptors (Lipinski definition) is 4. The molecular weight excluding hydrogens is 318 g/mol. The summed E-state index contributed by atoms with van der Waals surface area (Å²) in [6.45, 7) is 0.573. The molecule has 5 nitrogen and oxygen atoms in total. The second kappa shape index (κ2) is 9.37. The third-order valence-corrected chi connectivity index (χ3v) is 3.71. The molecule has 25 heavy (non-hydrogen) atoms. The highest BCUT2D eigenvalue weighted by molar-refractivity contribution is 5.92. The normalized spacial score (nSPS) is 10.5. The zero-order valence-electron chi connectivity index (χ0n) is 14.7. The molecule has 0 aromatic heterocycles. The number of nitrogens with one attached hydrogen (secondary N) is 1. The first-order chi connectivity index (χ1) is 12.2. The van der Waals surface area contributed by atoms with Crippen LogP contribution < -0.4 is 19.5 Å². The molecule has 0 aliphatic heterocycles. The van der Waals surface area contributed by atoms with Crippen molar-refractivity contribution in [3.63, 3.8) is 0 Å². The lowest BCUT2D eigenvalue weighted by Gasteiger charge is -2.12. The molecule has 0 atom stereocenters. The van der Waals surface area contributed by atoms with Gasteiger partial charge in [-0.25, -0.2) is 0 Å². The molecule has 0 spiro atoms. The first-order valence-electron chi connectivity index (χ1n) is 7.97. The van der Waals surface area contributed by atoms with Crippen molar-refractivity contribution in [1.82, 2.24) is 5.32 Å². The fraction of sp³-hybridized carbons (Fsp3) is 0.250. The monoisotopic (exact) mass is 341 g/mol. The van der Waals surface area contributed by atoms with Crippen LogP contribution in [0.2, 0.25) is 0 Å². The van der Waals surface area contributed by atoms with Crippen molar-refractivity contribution in [2.75, 3.05) is 27.9 Å². The predicted octanol–water partition coefficient (Wildman–Crippen LogP) is 3.08. The molecule has 2 aromatic rings. The zero-order chi connectivity index (χ0) is 18.1. The highest BCUT2D eigenvalue weighted by atomic mass is 16.5. The van der Waals surface area contributed by atoms with Crippen LogP contribution in [-0.2, 0) is 11.2 Å². The van der Waals surface area contributed by atoms with Gasteiger partial charge >= 0.3 is 0 Å². The Hall–Kier alpha value is -2.95. The number of ether oxygens (including phenoxy) is 3. The topological polar surface area (TPSA) is 56.8 Å². The number of benzene rings is 2. The number of methoxy groups -OCH3 is 3. The molecular formula is C20H23NO4. The maximum absolute atomic E-state index is 12.0. The summed E-state index contributed by atoms with van der Waals surface area (Å²) in [5.41, 5.74) is 1.87. The molecule has 1 N–H and O–H groups in total. The van der Waals surface area contributed by atoms with E-state index in [-0.39, 0.29) is 5.91 Å². The van der Waals surface area contributed by atoms with Gasteiger partial charge in [0.05, 0.1) is 26.9 Å². The summed E-state index contributed by atoms with van der Waals surface area (Å²) in [4.78, 5) is 12.0. The highest BCUT2D eigenvalue weighted by Gasteiger charge is 2.11. The Morgan fingerprint density at radius 3 is 2.20 bits per heavy atom. The minimum atomic E-state index is -0.171. The number of hydrogen-bond donors (Lipinski definition) is 1. The van der Waals surface area contributed by atoms with E-state index in [0.29, 0.717) is 29.4 Å². The van der Waals surface area contributed by atoms with Crippen LogP contribution in [-0.4, -0.2) is 33.8 Å². The maximum atomic E-state index is 12.0. The molecule has 2 rings (SSSR count). The summed E-state index contributed by atoms with van der Waals surface area (Å²) in [7, 11) is 4.70. The fourth-order valence-electron chi connectivity index (χ4n) is 2.39. The molecule has 0 heterocycles. The smallest absolute Gasteiger partial charge is 0.244 e. The van der Waals surface area contributed by atoms with E-state index in [9.17, 15) is 4.79 Å². The lowest BCUT2D eigenvalue weighted by molar-refractivity contribution is -0.116. The van der Waals surface area contributed by atoms with Crippen LogP contribution in [0.15, 0.2) is 48.5 Å². The molecule has 0 aliphatic rings. The van der Waals surface area contributed by atoms with E-state index in [1.54, 1.807) is 39.5 Å². The SMILES string of the molecule is COc1cc(OC)c(/C=C/C(=O)NCCc2ccccc2)c(OC)c1. The third-order valence-electron chi connectivity index (χ3n) is 3.71. The number of rotatable bonds is 8. The summed E-state index contributed by atoms with van der Waals surface area (Å²) < 4.78 is 15.9. The molecule has 0 unspecified atom stereocenters. The van der Waals surface area contributed by atoms with Crippen molar-refractivity contribution >= 4 is 12.0 Å². The van der Waals surface area contributed by atoms with Gasteiger partial charge in [-0.2, -0.15) is 0 Å². The third kappa shape index (κ3) is 5.28. The van der Waals surface area contributed by atoms with Crippen LogP contribution in [0, 0.1) is 0 Å². The van der Waals surface area contributed by atoms with Gasteiger partial charge in [-0.1, -0.05) is 30.3 Å². The molecule has 2 aromatic carbocycles. The van der Waals surface area contributed by atoms with Gasteiger partial charge < -0.3 is 19.5 Å². The van der Waals surface area contributed by atoms with Crippen LogP contribution in [0.1, 0.15) is 11.1 Å². The van der Waals surface area contributed by atoms with Gasteiger partial charge in [0.25, 0.3) is 0 Å². The largest absolute Gasteiger partial charge is 0.496 e. The van der Waals surface area contributed by atoms with Gasteiger partial charge in [-0.15, -0.1) is 0 Å². The summed E-state index contributed by atoms with van der Waals surface area (Å²) >= 11 is 0. The maximum Gasteiger partial charge on any atom is 0.244 e. The number of carbonyl (C=O) groups is 1. The first kappa shape index (κ1) is 18.4. The second-order valence-electron chi connectivity index (χ2n) is 5.31. The Labute approximate surface area is 148 Å². The van der Waals surface area contributed by atoms with E-state index in [2.05, 4.69) is 5.32 Å². The van der Waals surface area contributed by atoms with E-state index >= 15 is 0 Å². The Morgan fingerprint density at radius 2 is 1.64 bits per heavy atom. The quantitative estimate of drug-likeness (QED) is 0.750. The van der Waals surface area contributed by atoms with E-state index in [1.165, 1.54) is 11.6 Å². The zero-order valence-corrected chi connectivity index (χ0v) is 14.7. The number of amides is 1. The predicted molar refractivity (Wildman–Crippen MR) is 98.3 cm³/mol. The highest BCUT2D eigenvalue weighted by Crippen LogP contribution is 2.34. The Balaban J connectivity index is 2.01. The minimum absolute atomic E-state index is 0.171. The molecule has 1 amide bonds. The molecule has 0 fully saturated rings. The molecule has 0 saturated heterocycles. The van der Waals surface area contributed by atoms with Crippen LogP contribution in [0.5, 0.6) is 17.2 Å². The summed E-state index contributed by atoms with van der Waals surface area (Å²) in [5.74, 6) is 1.60. The van der Waals surface area contributed by atoms with Gasteiger partial charge in [0.2, 0.25) is 5.91 Å². The van der Waals surface area contributed by atoms with Crippen molar-refractivity contribution < 1.29 is 19.0 Å². The van der Waals surface area contributed by atoms with Crippen LogP contribution in [0.3, 0.4) is 0 Å². The second-order valence-corrected chi connectivity index (χ2v) is 5.31. The van der Waals surface area contributed by atoms with Crippen molar-refractivity contribution in [1.29, 1.82) is 0 Å². The number of carbonyl (C=O) groups excluding carboxylic acids is 1. The van der Waals surface area contributed by atoms with Crippen LogP contribution >= 0.6 is 0 Å². The Morgan fingerprint density at radius 1 is 1.00 bits per heavy atom. The van der Waals surface area contributed by atoms with Crippen LogP contribution in [0.25, 0.3) is 6.08 Å². The average molecular weight is 341 g/mol. The lowest BCUT2D eigenvalue weighted by atomic mass is 10.1. The fourth-order valence-corrected chi connectivity index (χ4v) is 2.39. The van der Waals surface area contributed by atoms with E-state index in [0.717, 1.165) is 6.42 Å². The van der Waals surface area contributed by atoms with Crippen molar-refractivity contribution in [2.24, 2.45) is 0 Å². The molecule has 5 heteroatoms. The molecule has 0 aliphatic carbocycles. The minimum Gasteiger partial charge on any atom is -0.496 e. The van der Waals surface area contributed by atoms with Gasteiger partial charge in [0.1, 0.15) is 17.2 Å². The summed E-state index contributed by atoms with van der Waals surface area (Å²) in [5, 5.41) is 2.87. The molecule has 0 bridgehead atoms. The van der Waals surface area contributed by atoms with Crippen molar-refractivity contribution in [3.05, 3.63) is 59.7 Å². The summed E-state index contributed by atoms with van der Waals surface area (Å²) in [6, 6.07) is 13.5. The van der Waals surface area contributed by atoms with E-state index < -0.39 is 0 Å². The first-order valence-corrected chi connectivity index (χ1v) is 7.97. The Bertz CT molecular complexity index is 701. The van der Waals surface area contributed by atoms with Gasteiger partial charge in [0.15, 0.2) is 0 Å². The van der Waals surface area contributed by atoms with Gasteiger partial charge in [0, 0.05) is 24.8 Å². The Kier molecular flexibility index (Phi) is 6.89. The van der Waals surface area contributed by atoms with Gasteiger partial charge in [-0.05, 0) is 18.1 Å². The van der Waals surface area contributed by atoms with Crippen molar-refractivity contribution in [3.8, 4) is 17.2 Å². The standard InChI is InChI=1S/C20H23NO4/c1-23-16-13-18(24-2)17(19(14-16)25-3)9-10-20(22)21-12-11-15-7-5-4-6-8-15/h4-10,13-14H,11-12H2,1-3H3,(H,21,22)/b10-9+. The lowest BCUT2D eigenvalue weighted by Crippen LogP contribution is -2.23. The molecule has 132 valence electrons. The van der Waals surface area contributed by atoms with E-state index in [1.807, 2.05) is 30.3 Å². The van der Waals surface area contributed by atoms with Crippen molar-refractivity contribution in [2.45, 2.75) is 6.42 Å². The molecule has 0 saturated carbocycles. The van der Waals surface area contributed by atoms with Crippen LogP contribution in [0.4, 0.5) is 0 Å². The van der Waals surface area contributed by atoms with E-state index in [4.69, 9.17) is 14.2 Å².